The molecule has 3 N–H and O–H groups in total. The normalized spacial score (nSPS) is 23.4. The van der Waals surface area contributed by atoms with Gasteiger partial charge in [0.2, 0.25) is 0 Å². The standard InChI is InChI=1S/C13H24N2O3/c1-10-4-2-5-11(8-10)9-15-13(18)14-7-3-6-12(16)17/h10-11H,2-9H2,1H3,(H,16,17)(H2,14,15,18). The van der Waals surface area contributed by atoms with Crippen LogP contribution in [0.2, 0.25) is 0 Å². The predicted molar refractivity (Wildman–Crippen MR) is 69.4 cm³/mol. The van der Waals surface area contributed by atoms with Crippen molar-refractivity contribution in [3.05, 3.63) is 0 Å². The van der Waals surface area contributed by atoms with Crippen LogP contribution in [0, 0.1) is 11.8 Å². The molecule has 1 saturated carbocycles. The molecule has 0 spiro atoms. The predicted octanol–water partition coefficient (Wildman–Crippen LogP) is 1.98. The second-order valence-corrected chi connectivity index (χ2v) is 5.27. The topological polar surface area (TPSA) is 78.4 Å². The Balaban J connectivity index is 2.04. The van der Waals surface area contributed by atoms with E-state index in [-0.39, 0.29) is 12.5 Å². The molecule has 0 aromatic heterocycles. The van der Waals surface area contributed by atoms with Gasteiger partial charge in [-0.25, -0.2) is 4.79 Å². The van der Waals surface area contributed by atoms with Crippen LogP contribution in [0.4, 0.5) is 4.79 Å². The molecule has 1 aliphatic rings. The van der Waals surface area contributed by atoms with Crippen LogP contribution in [-0.4, -0.2) is 30.2 Å². The molecule has 2 unspecified atom stereocenters. The van der Waals surface area contributed by atoms with Crippen LogP contribution in [0.25, 0.3) is 0 Å². The third-order valence-electron chi connectivity index (χ3n) is 3.45. The highest BCUT2D eigenvalue weighted by atomic mass is 16.4. The molecule has 0 aromatic carbocycles. The van der Waals surface area contributed by atoms with Crippen molar-refractivity contribution in [1.82, 2.24) is 10.6 Å². The van der Waals surface area contributed by atoms with E-state index in [0.29, 0.717) is 18.9 Å². The number of hydrogen-bond donors (Lipinski definition) is 3. The summed E-state index contributed by atoms with van der Waals surface area (Å²) in [7, 11) is 0. The van der Waals surface area contributed by atoms with E-state index in [9.17, 15) is 9.59 Å². The van der Waals surface area contributed by atoms with Crippen LogP contribution in [0.1, 0.15) is 45.4 Å². The minimum absolute atomic E-state index is 0.0976. The van der Waals surface area contributed by atoms with Crippen molar-refractivity contribution in [2.75, 3.05) is 13.1 Å². The van der Waals surface area contributed by atoms with E-state index in [0.717, 1.165) is 12.5 Å². The molecule has 1 fully saturated rings. The number of rotatable bonds is 6. The van der Waals surface area contributed by atoms with Gasteiger partial charge >= 0.3 is 12.0 Å². The summed E-state index contributed by atoms with van der Waals surface area (Å²) in [4.78, 5) is 21.7. The first kappa shape index (κ1) is 14.8. The molecule has 0 saturated heterocycles. The molecule has 5 heteroatoms. The van der Waals surface area contributed by atoms with Gasteiger partial charge in [0, 0.05) is 19.5 Å². The van der Waals surface area contributed by atoms with Crippen molar-refractivity contribution in [3.63, 3.8) is 0 Å². The summed E-state index contributed by atoms with van der Waals surface area (Å²) in [6.45, 7) is 3.41. The number of carboxylic acid groups (broad SMARTS) is 1. The molecular weight excluding hydrogens is 232 g/mol. The lowest BCUT2D eigenvalue weighted by atomic mass is 9.82. The smallest absolute Gasteiger partial charge is 0.314 e. The van der Waals surface area contributed by atoms with Gasteiger partial charge in [0.25, 0.3) is 0 Å². The molecule has 18 heavy (non-hydrogen) atoms. The largest absolute Gasteiger partial charge is 0.481 e. The molecule has 1 rings (SSSR count). The summed E-state index contributed by atoms with van der Waals surface area (Å²) in [6.07, 6.45) is 5.53. The zero-order chi connectivity index (χ0) is 13.4. The van der Waals surface area contributed by atoms with E-state index in [1.54, 1.807) is 0 Å². The summed E-state index contributed by atoms with van der Waals surface area (Å²) in [5.41, 5.74) is 0. The Bertz CT molecular complexity index is 281. The lowest BCUT2D eigenvalue weighted by Gasteiger charge is -2.26. The Hall–Kier alpha value is -1.26. The molecule has 0 aromatic rings. The molecule has 5 nitrogen and oxygen atoms in total. The maximum atomic E-state index is 11.4. The zero-order valence-corrected chi connectivity index (χ0v) is 11.1. The number of carbonyl (C=O) groups excluding carboxylic acids is 1. The lowest BCUT2D eigenvalue weighted by molar-refractivity contribution is -0.137. The minimum atomic E-state index is -0.826. The number of carboxylic acids is 1. The minimum Gasteiger partial charge on any atom is -0.481 e. The van der Waals surface area contributed by atoms with Crippen LogP contribution in [0.5, 0.6) is 0 Å². The van der Waals surface area contributed by atoms with E-state index in [1.165, 1.54) is 25.7 Å². The Morgan fingerprint density at radius 2 is 2.06 bits per heavy atom. The van der Waals surface area contributed by atoms with Gasteiger partial charge in [-0.1, -0.05) is 19.8 Å². The van der Waals surface area contributed by atoms with E-state index < -0.39 is 5.97 Å². The number of amides is 2. The van der Waals surface area contributed by atoms with Crippen molar-refractivity contribution in [3.8, 4) is 0 Å². The van der Waals surface area contributed by atoms with E-state index in [2.05, 4.69) is 17.6 Å². The quantitative estimate of drug-likeness (QED) is 0.636. The van der Waals surface area contributed by atoms with Gasteiger partial charge in [-0.3, -0.25) is 4.79 Å². The Morgan fingerprint density at radius 3 is 2.72 bits per heavy atom. The molecule has 0 radical (unpaired) electrons. The average molecular weight is 256 g/mol. The van der Waals surface area contributed by atoms with Gasteiger partial charge in [-0.2, -0.15) is 0 Å². The fraction of sp³-hybridized carbons (Fsp3) is 0.846. The van der Waals surface area contributed by atoms with Crippen LogP contribution in [0.15, 0.2) is 0 Å². The van der Waals surface area contributed by atoms with Gasteiger partial charge in [0.15, 0.2) is 0 Å². The fourth-order valence-corrected chi connectivity index (χ4v) is 2.49. The highest BCUT2D eigenvalue weighted by molar-refractivity contribution is 5.73. The van der Waals surface area contributed by atoms with E-state index in [4.69, 9.17) is 5.11 Å². The first-order valence-electron chi connectivity index (χ1n) is 6.81. The van der Waals surface area contributed by atoms with Crippen LogP contribution < -0.4 is 10.6 Å². The van der Waals surface area contributed by atoms with Crippen molar-refractivity contribution < 1.29 is 14.7 Å². The number of nitrogens with one attached hydrogen (secondary N) is 2. The third kappa shape index (κ3) is 6.47. The Kier molecular flexibility index (Phi) is 6.54. The monoisotopic (exact) mass is 256 g/mol. The Morgan fingerprint density at radius 1 is 1.28 bits per heavy atom. The molecule has 2 atom stereocenters. The van der Waals surface area contributed by atoms with Crippen LogP contribution in [-0.2, 0) is 4.79 Å². The highest BCUT2D eigenvalue weighted by Gasteiger charge is 2.19. The number of aliphatic carboxylic acids is 1. The molecule has 104 valence electrons. The van der Waals surface area contributed by atoms with Gasteiger partial charge < -0.3 is 15.7 Å². The lowest BCUT2D eigenvalue weighted by Crippen LogP contribution is -2.39. The van der Waals surface area contributed by atoms with Crippen LogP contribution in [0.3, 0.4) is 0 Å². The summed E-state index contributed by atoms with van der Waals surface area (Å²) in [6, 6.07) is -0.182. The maximum Gasteiger partial charge on any atom is 0.314 e. The van der Waals surface area contributed by atoms with Crippen molar-refractivity contribution >= 4 is 12.0 Å². The summed E-state index contributed by atoms with van der Waals surface area (Å²) < 4.78 is 0. The molecule has 0 bridgehead atoms. The molecule has 1 aliphatic carbocycles. The number of hydrogen-bond acceptors (Lipinski definition) is 2. The Labute approximate surface area is 108 Å². The van der Waals surface area contributed by atoms with Crippen LogP contribution >= 0.6 is 0 Å². The zero-order valence-electron chi connectivity index (χ0n) is 11.1. The van der Waals surface area contributed by atoms with Gasteiger partial charge in [-0.05, 0) is 31.1 Å². The molecule has 0 aliphatic heterocycles. The van der Waals surface area contributed by atoms with E-state index >= 15 is 0 Å². The van der Waals surface area contributed by atoms with Crippen molar-refractivity contribution in [2.45, 2.75) is 45.4 Å². The summed E-state index contributed by atoms with van der Waals surface area (Å²) >= 11 is 0. The van der Waals surface area contributed by atoms with E-state index in [1.807, 2.05) is 0 Å². The maximum absolute atomic E-state index is 11.4. The fourth-order valence-electron chi connectivity index (χ4n) is 2.49. The second kappa shape index (κ2) is 7.95. The third-order valence-corrected chi connectivity index (χ3v) is 3.45. The molecule has 2 amide bonds. The number of carbonyl (C=O) groups is 2. The molecule has 0 heterocycles. The first-order chi connectivity index (χ1) is 8.58. The van der Waals surface area contributed by atoms with Gasteiger partial charge in [-0.15, -0.1) is 0 Å². The first-order valence-corrected chi connectivity index (χ1v) is 6.81. The SMILES string of the molecule is CC1CCCC(CNC(=O)NCCCC(=O)O)C1. The highest BCUT2D eigenvalue weighted by Crippen LogP contribution is 2.27. The summed E-state index contributed by atoms with van der Waals surface area (Å²) in [5.74, 6) is 0.538. The molecular formula is C13H24N2O3. The number of urea groups is 1. The van der Waals surface area contributed by atoms with Crippen molar-refractivity contribution in [1.29, 1.82) is 0 Å². The summed E-state index contributed by atoms with van der Waals surface area (Å²) in [5, 5.41) is 14.0. The van der Waals surface area contributed by atoms with Crippen molar-refractivity contribution in [2.24, 2.45) is 11.8 Å². The van der Waals surface area contributed by atoms with Gasteiger partial charge in [0.05, 0.1) is 0 Å². The average Bonchev–Trinajstić information content (AvgIpc) is 2.32. The van der Waals surface area contributed by atoms with Gasteiger partial charge in [0.1, 0.15) is 0 Å². The second-order valence-electron chi connectivity index (χ2n) is 5.27.